The number of aryl methyl sites for hydroxylation is 2. The largest absolute Gasteiger partial charge is 0.476 e. The average molecular weight is 206 g/mol. The Kier molecular flexibility index (Phi) is 2.03. The minimum absolute atomic E-state index is 0.0499. The minimum Gasteiger partial charge on any atom is -0.476 e. The lowest BCUT2D eigenvalue weighted by atomic mass is 10.3. The molecule has 0 radical (unpaired) electrons. The van der Waals surface area contributed by atoms with Crippen LogP contribution in [-0.4, -0.2) is 30.8 Å². The highest BCUT2D eigenvalue weighted by Crippen LogP contribution is 2.16. The molecule has 2 rings (SSSR count). The molecule has 0 spiro atoms. The zero-order chi connectivity index (χ0) is 11.0. The molecule has 0 aliphatic rings. The fourth-order valence-electron chi connectivity index (χ4n) is 1.35. The third-order valence-corrected chi connectivity index (χ3v) is 2.07. The Morgan fingerprint density at radius 3 is 2.80 bits per heavy atom. The summed E-state index contributed by atoms with van der Waals surface area (Å²) in [5.41, 5.74) is 1.36. The van der Waals surface area contributed by atoms with E-state index in [4.69, 9.17) is 5.11 Å². The number of rotatable bonds is 2. The van der Waals surface area contributed by atoms with E-state index in [0.29, 0.717) is 11.5 Å². The standard InChI is InChI=1S/C9H10N4O2/c1-5-7(9(14)15)12-8(11-5)6-3-10-13(2)4-6/h3-4H,1-2H3,(H,11,12)(H,14,15). The number of hydrogen-bond acceptors (Lipinski definition) is 3. The van der Waals surface area contributed by atoms with E-state index in [2.05, 4.69) is 15.1 Å². The Labute approximate surface area is 85.6 Å². The molecule has 0 atom stereocenters. The lowest BCUT2D eigenvalue weighted by Crippen LogP contribution is -1.98. The lowest BCUT2D eigenvalue weighted by Gasteiger charge is -1.87. The van der Waals surface area contributed by atoms with Crippen LogP contribution < -0.4 is 0 Å². The van der Waals surface area contributed by atoms with E-state index in [1.54, 1.807) is 31.0 Å². The molecule has 0 bridgehead atoms. The molecule has 0 aromatic carbocycles. The maximum absolute atomic E-state index is 10.8. The van der Waals surface area contributed by atoms with Crippen LogP contribution in [0.5, 0.6) is 0 Å². The molecule has 2 N–H and O–H groups in total. The molecule has 0 saturated heterocycles. The van der Waals surface area contributed by atoms with E-state index in [0.717, 1.165) is 5.56 Å². The highest BCUT2D eigenvalue weighted by molar-refractivity contribution is 5.87. The van der Waals surface area contributed by atoms with Crippen LogP contribution in [0, 0.1) is 6.92 Å². The smallest absolute Gasteiger partial charge is 0.356 e. The number of H-pyrrole nitrogens is 1. The highest BCUT2D eigenvalue weighted by atomic mass is 16.4. The fourth-order valence-corrected chi connectivity index (χ4v) is 1.35. The van der Waals surface area contributed by atoms with E-state index in [-0.39, 0.29) is 5.69 Å². The number of aromatic carboxylic acids is 1. The molecule has 15 heavy (non-hydrogen) atoms. The Hall–Kier alpha value is -2.11. The van der Waals surface area contributed by atoms with Gasteiger partial charge < -0.3 is 10.1 Å². The summed E-state index contributed by atoms with van der Waals surface area (Å²) in [5, 5.41) is 12.8. The number of aromatic amines is 1. The van der Waals surface area contributed by atoms with Gasteiger partial charge in [0.2, 0.25) is 0 Å². The zero-order valence-corrected chi connectivity index (χ0v) is 8.35. The molecule has 0 aliphatic carbocycles. The van der Waals surface area contributed by atoms with E-state index < -0.39 is 5.97 Å². The fraction of sp³-hybridized carbons (Fsp3) is 0.222. The Balaban J connectivity index is 2.46. The summed E-state index contributed by atoms with van der Waals surface area (Å²) in [5.74, 6) is -0.503. The van der Waals surface area contributed by atoms with Gasteiger partial charge in [-0.05, 0) is 6.92 Å². The Morgan fingerprint density at radius 2 is 2.33 bits per heavy atom. The summed E-state index contributed by atoms with van der Waals surface area (Å²) in [7, 11) is 1.79. The Morgan fingerprint density at radius 1 is 1.60 bits per heavy atom. The highest BCUT2D eigenvalue weighted by Gasteiger charge is 2.14. The first-order valence-corrected chi connectivity index (χ1v) is 4.37. The molecular weight excluding hydrogens is 196 g/mol. The van der Waals surface area contributed by atoms with Gasteiger partial charge in [0.25, 0.3) is 0 Å². The third-order valence-electron chi connectivity index (χ3n) is 2.07. The van der Waals surface area contributed by atoms with Crippen molar-refractivity contribution in [2.45, 2.75) is 6.92 Å². The molecule has 6 heteroatoms. The number of hydrogen-bond donors (Lipinski definition) is 2. The van der Waals surface area contributed by atoms with Crippen molar-refractivity contribution in [3.63, 3.8) is 0 Å². The number of carbonyl (C=O) groups is 1. The summed E-state index contributed by atoms with van der Waals surface area (Å²) >= 11 is 0. The van der Waals surface area contributed by atoms with Crippen molar-refractivity contribution in [1.82, 2.24) is 19.7 Å². The predicted octanol–water partition coefficient (Wildman–Crippen LogP) is 0.817. The first-order valence-electron chi connectivity index (χ1n) is 4.37. The SMILES string of the molecule is Cc1[nH]c(-c2cnn(C)c2)nc1C(=O)O. The number of nitrogens with zero attached hydrogens (tertiary/aromatic N) is 3. The van der Waals surface area contributed by atoms with E-state index in [9.17, 15) is 4.79 Å². The first-order chi connectivity index (χ1) is 7.08. The second-order valence-electron chi connectivity index (χ2n) is 3.27. The quantitative estimate of drug-likeness (QED) is 0.761. The van der Waals surface area contributed by atoms with Gasteiger partial charge >= 0.3 is 5.97 Å². The Bertz CT molecular complexity index is 512. The molecule has 0 saturated carbocycles. The van der Waals surface area contributed by atoms with Crippen LogP contribution >= 0.6 is 0 Å². The van der Waals surface area contributed by atoms with Gasteiger partial charge in [0.15, 0.2) is 5.69 Å². The number of aromatic nitrogens is 4. The summed E-state index contributed by atoms with van der Waals surface area (Å²) in [6, 6.07) is 0. The molecule has 78 valence electrons. The molecule has 2 aromatic heterocycles. The van der Waals surface area contributed by atoms with Crippen LogP contribution in [0.25, 0.3) is 11.4 Å². The van der Waals surface area contributed by atoms with Crippen LogP contribution in [0.3, 0.4) is 0 Å². The van der Waals surface area contributed by atoms with Crippen molar-refractivity contribution in [3.05, 3.63) is 23.8 Å². The van der Waals surface area contributed by atoms with Crippen LogP contribution in [0.1, 0.15) is 16.2 Å². The van der Waals surface area contributed by atoms with Gasteiger partial charge in [0, 0.05) is 18.9 Å². The van der Waals surface area contributed by atoms with Gasteiger partial charge in [-0.2, -0.15) is 5.10 Å². The molecule has 0 fully saturated rings. The van der Waals surface area contributed by atoms with Crippen molar-refractivity contribution < 1.29 is 9.90 Å². The molecule has 6 nitrogen and oxygen atoms in total. The molecule has 0 amide bonds. The van der Waals surface area contributed by atoms with Crippen LogP contribution in [0.15, 0.2) is 12.4 Å². The number of nitrogens with one attached hydrogen (secondary N) is 1. The number of carboxylic acid groups (broad SMARTS) is 1. The van der Waals surface area contributed by atoms with Crippen LogP contribution in [0.2, 0.25) is 0 Å². The maximum atomic E-state index is 10.8. The third kappa shape index (κ3) is 1.61. The number of carboxylic acids is 1. The second-order valence-corrected chi connectivity index (χ2v) is 3.27. The van der Waals surface area contributed by atoms with Gasteiger partial charge in [-0.1, -0.05) is 0 Å². The zero-order valence-electron chi connectivity index (χ0n) is 8.35. The van der Waals surface area contributed by atoms with Crippen molar-refractivity contribution >= 4 is 5.97 Å². The van der Waals surface area contributed by atoms with Crippen LogP contribution in [-0.2, 0) is 7.05 Å². The van der Waals surface area contributed by atoms with E-state index in [1.807, 2.05) is 0 Å². The van der Waals surface area contributed by atoms with Gasteiger partial charge in [-0.25, -0.2) is 9.78 Å². The summed E-state index contributed by atoms with van der Waals surface area (Å²) in [4.78, 5) is 17.7. The van der Waals surface area contributed by atoms with Gasteiger partial charge in [0.1, 0.15) is 5.82 Å². The summed E-state index contributed by atoms with van der Waals surface area (Å²) < 4.78 is 1.63. The maximum Gasteiger partial charge on any atom is 0.356 e. The summed E-state index contributed by atoms with van der Waals surface area (Å²) in [6.45, 7) is 1.68. The monoisotopic (exact) mass is 206 g/mol. The average Bonchev–Trinajstić information content (AvgIpc) is 2.71. The molecule has 0 unspecified atom stereocenters. The summed E-state index contributed by atoms with van der Waals surface area (Å²) in [6.07, 6.45) is 3.40. The second kappa shape index (κ2) is 3.23. The minimum atomic E-state index is -1.03. The topological polar surface area (TPSA) is 83.8 Å². The van der Waals surface area contributed by atoms with E-state index in [1.165, 1.54) is 0 Å². The van der Waals surface area contributed by atoms with Gasteiger partial charge in [-0.15, -0.1) is 0 Å². The van der Waals surface area contributed by atoms with Gasteiger partial charge in [-0.3, -0.25) is 4.68 Å². The van der Waals surface area contributed by atoms with Crippen molar-refractivity contribution in [2.75, 3.05) is 0 Å². The molecule has 0 aliphatic heterocycles. The molecular formula is C9H10N4O2. The molecule has 2 aromatic rings. The van der Waals surface area contributed by atoms with Crippen molar-refractivity contribution in [3.8, 4) is 11.4 Å². The van der Waals surface area contributed by atoms with E-state index >= 15 is 0 Å². The van der Waals surface area contributed by atoms with Gasteiger partial charge in [0.05, 0.1) is 11.8 Å². The first kappa shape index (κ1) is 9.45. The molecule has 2 heterocycles. The lowest BCUT2D eigenvalue weighted by molar-refractivity contribution is 0.0690. The predicted molar refractivity (Wildman–Crippen MR) is 52.5 cm³/mol. The number of imidazole rings is 1. The van der Waals surface area contributed by atoms with Crippen LogP contribution in [0.4, 0.5) is 0 Å². The van der Waals surface area contributed by atoms with Crippen molar-refractivity contribution in [2.24, 2.45) is 7.05 Å². The normalized spacial score (nSPS) is 10.5. The van der Waals surface area contributed by atoms with Crippen molar-refractivity contribution in [1.29, 1.82) is 0 Å².